The molecule has 0 aliphatic heterocycles. The number of alkyl carbamates (subject to hydrolysis) is 1. The van der Waals surface area contributed by atoms with E-state index in [9.17, 15) is 4.79 Å². The van der Waals surface area contributed by atoms with Gasteiger partial charge in [-0.15, -0.1) is 34.2 Å². The Morgan fingerprint density at radius 3 is 2.58 bits per heavy atom. The molecule has 0 bridgehead atoms. The van der Waals surface area contributed by atoms with Gasteiger partial charge in [-0.1, -0.05) is 6.92 Å². The predicted molar refractivity (Wildman–Crippen MR) is 113 cm³/mol. The number of rotatable bonds is 8. The van der Waals surface area contributed by atoms with Gasteiger partial charge in [-0.25, -0.2) is 4.79 Å². The fraction of sp³-hybridized carbons (Fsp3) is 0.750. The summed E-state index contributed by atoms with van der Waals surface area (Å²) in [6.07, 6.45) is 2.15. The second-order valence-electron chi connectivity index (χ2n) is 6.41. The largest absolute Gasteiger partial charge is 0.444 e. The molecule has 0 unspecified atom stereocenters. The van der Waals surface area contributed by atoms with Gasteiger partial charge in [0.1, 0.15) is 17.8 Å². The van der Waals surface area contributed by atoms with Crippen LogP contribution in [0.25, 0.3) is 0 Å². The third-order valence-electron chi connectivity index (χ3n) is 3.05. The molecule has 1 amide bonds. The van der Waals surface area contributed by atoms with Crippen LogP contribution in [0, 0.1) is 0 Å². The van der Waals surface area contributed by atoms with Crippen LogP contribution in [0.1, 0.15) is 40.4 Å². The standard InChI is InChI=1S/C16H31N7O2.HI/c1-6-13-22-21-12-23(13)11-10-19-14(17-7-2)18-8-9-20-15(24)25-16(3,4)5;/h12H,6-11H2,1-5H3,(H,20,24)(H2,17,18,19);1H. The number of aliphatic imine (C=N–C) groups is 1. The summed E-state index contributed by atoms with van der Waals surface area (Å²) in [7, 11) is 0. The smallest absolute Gasteiger partial charge is 0.407 e. The fourth-order valence-electron chi connectivity index (χ4n) is 2.02. The van der Waals surface area contributed by atoms with Crippen LogP contribution in [0.2, 0.25) is 0 Å². The van der Waals surface area contributed by atoms with Gasteiger partial charge in [0.2, 0.25) is 0 Å². The number of aryl methyl sites for hydroxylation is 1. The zero-order chi connectivity index (χ0) is 18.7. The number of carbonyl (C=O) groups is 1. The van der Waals surface area contributed by atoms with E-state index in [0.717, 1.165) is 25.3 Å². The van der Waals surface area contributed by atoms with Gasteiger partial charge in [0, 0.05) is 32.6 Å². The molecule has 1 rings (SSSR count). The van der Waals surface area contributed by atoms with E-state index in [-0.39, 0.29) is 24.0 Å². The van der Waals surface area contributed by atoms with Gasteiger partial charge >= 0.3 is 6.09 Å². The first-order valence-corrected chi connectivity index (χ1v) is 8.71. The van der Waals surface area contributed by atoms with E-state index in [4.69, 9.17) is 4.74 Å². The topological polar surface area (TPSA) is 105 Å². The Morgan fingerprint density at radius 2 is 1.96 bits per heavy atom. The average molecular weight is 481 g/mol. The van der Waals surface area contributed by atoms with Crippen LogP contribution in [0.3, 0.4) is 0 Å². The number of halogens is 1. The maximum absolute atomic E-state index is 11.6. The van der Waals surface area contributed by atoms with Crippen molar-refractivity contribution in [3.05, 3.63) is 12.2 Å². The van der Waals surface area contributed by atoms with E-state index in [1.54, 1.807) is 6.33 Å². The molecule has 0 fully saturated rings. The zero-order valence-electron chi connectivity index (χ0n) is 16.3. The molecule has 3 N–H and O–H groups in total. The molecular weight excluding hydrogens is 449 g/mol. The van der Waals surface area contributed by atoms with Crippen LogP contribution < -0.4 is 16.0 Å². The second kappa shape index (κ2) is 12.7. The summed E-state index contributed by atoms with van der Waals surface area (Å²) in [5.74, 6) is 1.67. The van der Waals surface area contributed by atoms with Crippen molar-refractivity contribution >= 4 is 36.0 Å². The molecule has 0 saturated carbocycles. The highest BCUT2D eigenvalue weighted by Crippen LogP contribution is 2.06. The number of guanidine groups is 1. The molecule has 1 heterocycles. The van der Waals surface area contributed by atoms with Gasteiger partial charge in [-0.2, -0.15) is 0 Å². The van der Waals surface area contributed by atoms with Crippen molar-refractivity contribution in [2.75, 3.05) is 26.2 Å². The molecule has 0 radical (unpaired) electrons. The highest BCUT2D eigenvalue weighted by molar-refractivity contribution is 14.0. The highest BCUT2D eigenvalue weighted by atomic mass is 127. The molecule has 0 aromatic carbocycles. The van der Waals surface area contributed by atoms with Crippen LogP contribution >= 0.6 is 24.0 Å². The molecule has 9 nitrogen and oxygen atoms in total. The van der Waals surface area contributed by atoms with Gasteiger partial charge in [-0.3, -0.25) is 4.99 Å². The third kappa shape index (κ3) is 10.4. The molecule has 10 heteroatoms. The lowest BCUT2D eigenvalue weighted by Crippen LogP contribution is -2.40. The zero-order valence-corrected chi connectivity index (χ0v) is 18.7. The fourth-order valence-corrected chi connectivity index (χ4v) is 2.02. The summed E-state index contributed by atoms with van der Waals surface area (Å²) >= 11 is 0. The van der Waals surface area contributed by atoms with E-state index in [0.29, 0.717) is 25.6 Å². The predicted octanol–water partition coefficient (Wildman–Crippen LogP) is 1.54. The first kappa shape index (κ1) is 24.4. The second-order valence-corrected chi connectivity index (χ2v) is 6.41. The summed E-state index contributed by atoms with van der Waals surface area (Å²) < 4.78 is 7.19. The van der Waals surface area contributed by atoms with Crippen molar-refractivity contribution in [1.29, 1.82) is 0 Å². The third-order valence-corrected chi connectivity index (χ3v) is 3.05. The molecule has 1 aromatic heterocycles. The van der Waals surface area contributed by atoms with Crippen molar-refractivity contribution in [3.8, 4) is 0 Å². The lowest BCUT2D eigenvalue weighted by Gasteiger charge is -2.19. The van der Waals surface area contributed by atoms with E-state index in [2.05, 4.69) is 38.1 Å². The normalized spacial score (nSPS) is 11.5. The van der Waals surface area contributed by atoms with Crippen LogP contribution in [0.15, 0.2) is 11.3 Å². The summed E-state index contributed by atoms with van der Waals surface area (Å²) in [4.78, 5) is 16.0. The van der Waals surface area contributed by atoms with Crippen molar-refractivity contribution in [2.24, 2.45) is 4.99 Å². The molecule has 26 heavy (non-hydrogen) atoms. The average Bonchev–Trinajstić information content (AvgIpc) is 2.97. The molecule has 150 valence electrons. The summed E-state index contributed by atoms with van der Waals surface area (Å²) in [5.41, 5.74) is -0.497. The van der Waals surface area contributed by atoms with Gasteiger partial charge in [-0.05, 0) is 27.7 Å². The number of ether oxygens (including phenoxy) is 1. The van der Waals surface area contributed by atoms with Gasteiger partial charge in [0.05, 0.1) is 6.54 Å². The number of hydrogen-bond donors (Lipinski definition) is 3. The SMILES string of the molecule is CCNC(=NCCNC(=O)OC(C)(C)C)NCCn1cnnc1CC.I. The van der Waals surface area contributed by atoms with Crippen molar-refractivity contribution in [2.45, 2.75) is 53.2 Å². The van der Waals surface area contributed by atoms with Gasteiger partial charge < -0.3 is 25.3 Å². The van der Waals surface area contributed by atoms with Gasteiger partial charge in [0.25, 0.3) is 0 Å². The van der Waals surface area contributed by atoms with Crippen LogP contribution in [0.5, 0.6) is 0 Å². The Morgan fingerprint density at radius 1 is 1.23 bits per heavy atom. The van der Waals surface area contributed by atoms with Crippen molar-refractivity contribution in [3.63, 3.8) is 0 Å². The number of carbonyl (C=O) groups excluding carboxylic acids is 1. The molecule has 0 aliphatic carbocycles. The van der Waals surface area contributed by atoms with Crippen molar-refractivity contribution < 1.29 is 9.53 Å². The first-order valence-electron chi connectivity index (χ1n) is 8.71. The number of aromatic nitrogens is 3. The molecule has 0 spiro atoms. The minimum atomic E-state index is -0.497. The minimum Gasteiger partial charge on any atom is -0.444 e. The number of nitrogens with one attached hydrogen (secondary N) is 3. The molecule has 0 saturated heterocycles. The lowest BCUT2D eigenvalue weighted by molar-refractivity contribution is 0.0529. The van der Waals surface area contributed by atoms with Crippen molar-refractivity contribution in [1.82, 2.24) is 30.7 Å². The summed E-state index contributed by atoms with van der Waals surface area (Å²) in [6.45, 7) is 12.7. The summed E-state index contributed by atoms with van der Waals surface area (Å²) in [5, 5.41) is 17.1. The Kier molecular flexibility index (Phi) is 11.9. The molecule has 0 aliphatic rings. The quantitative estimate of drug-likeness (QED) is 0.225. The number of amides is 1. The van der Waals surface area contributed by atoms with E-state index in [1.807, 2.05) is 32.3 Å². The maximum Gasteiger partial charge on any atom is 0.407 e. The number of hydrogen-bond acceptors (Lipinski definition) is 5. The van der Waals surface area contributed by atoms with Gasteiger partial charge in [0.15, 0.2) is 5.96 Å². The molecule has 0 atom stereocenters. The van der Waals surface area contributed by atoms with E-state index in [1.165, 1.54) is 0 Å². The Balaban J connectivity index is 0.00000625. The monoisotopic (exact) mass is 481 g/mol. The minimum absolute atomic E-state index is 0. The van der Waals surface area contributed by atoms with E-state index >= 15 is 0 Å². The number of nitrogens with zero attached hydrogens (tertiary/aromatic N) is 4. The van der Waals surface area contributed by atoms with E-state index < -0.39 is 11.7 Å². The lowest BCUT2D eigenvalue weighted by atomic mass is 10.2. The maximum atomic E-state index is 11.6. The molecular formula is C16H32IN7O2. The highest BCUT2D eigenvalue weighted by Gasteiger charge is 2.15. The molecule has 1 aromatic rings. The Bertz CT molecular complexity index is 555. The summed E-state index contributed by atoms with van der Waals surface area (Å²) in [6, 6.07) is 0. The van der Waals surface area contributed by atoms with Crippen LogP contribution in [-0.4, -0.2) is 58.6 Å². The van der Waals surface area contributed by atoms with Crippen LogP contribution in [0.4, 0.5) is 4.79 Å². The Hall–Kier alpha value is -1.59. The Labute approximate surface area is 172 Å². The first-order chi connectivity index (χ1) is 11.9. The van der Waals surface area contributed by atoms with Crippen LogP contribution in [-0.2, 0) is 17.7 Å².